The van der Waals surface area contributed by atoms with Crippen molar-refractivity contribution in [2.45, 2.75) is 23.3 Å². The third kappa shape index (κ3) is 2.70. The Labute approximate surface area is 109 Å². The number of benzene rings is 1. The van der Waals surface area contributed by atoms with Gasteiger partial charge in [0.2, 0.25) is 0 Å². The fourth-order valence-corrected chi connectivity index (χ4v) is 2.70. The largest absolute Gasteiger partial charge is 0.383 e. The molecule has 0 amide bonds. The fourth-order valence-electron chi connectivity index (χ4n) is 1.46. The second-order valence-electron chi connectivity index (χ2n) is 3.43. The molecule has 0 spiro atoms. The predicted molar refractivity (Wildman–Crippen MR) is 71.4 cm³/mol. The van der Waals surface area contributed by atoms with E-state index in [2.05, 4.69) is 9.97 Å². The van der Waals surface area contributed by atoms with E-state index in [4.69, 9.17) is 17.3 Å². The summed E-state index contributed by atoms with van der Waals surface area (Å²) < 4.78 is 0. The van der Waals surface area contributed by atoms with Crippen LogP contribution >= 0.6 is 23.4 Å². The Hall–Kier alpha value is -1.26. The summed E-state index contributed by atoms with van der Waals surface area (Å²) >= 11 is 7.63. The summed E-state index contributed by atoms with van der Waals surface area (Å²) in [5.41, 5.74) is 6.80. The normalized spacial score (nSPS) is 10.5. The lowest BCUT2D eigenvalue weighted by Crippen LogP contribution is -2.00. The quantitative estimate of drug-likeness (QED) is 0.864. The Morgan fingerprint density at radius 2 is 2.06 bits per heavy atom. The minimum Gasteiger partial charge on any atom is -0.383 e. The molecule has 0 aliphatic carbocycles. The highest BCUT2D eigenvalue weighted by Crippen LogP contribution is 2.34. The van der Waals surface area contributed by atoms with Gasteiger partial charge in [-0.1, -0.05) is 42.4 Å². The zero-order valence-corrected chi connectivity index (χ0v) is 10.9. The maximum Gasteiger partial charge on any atom is 0.131 e. The van der Waals surface area contributed by atoms with E-state index in [0.29, 0.717) is 5.82 Å². The first-order chi connectivity index (χ1) is 8.22. The molecule has 17 heavy (non-hydrogen) atoms. The molecular formula is C12H12ClN3S. The maximum atomic E-state index is 6.11. The van der Waals surface area contributed by atoms with Gasteiger partial charge in [0.15, 0.2) is 0 Å². The minimum absolute atomic E-state index is 0.539. The van der Waals surface area contributed by atoms with Crippen molar-refractivity contribution in [3.63, 3.8) is 0 Å². The topological polar surface area (TPSA) is 51.8 Å². The molecule has 0 atom stereocenters. The van der Waals surface area contributed by atoms with Gasteiger partial charge in [-0.05, 0) is 18.6 Å². The monoisotopic (exact) mass is 265 g/mol. The molecule has 2 aromatic rings. The predicted octanol–water partition coefficient (Wildman–Crippen LogP) is 3.43. The van der Waals surface area contributed by atoms with Gasteiger partial charge in [-0.25, -0.2) is 9.97 Å². The van der Waals surface area contributed by atoms with Crippen molar-refractivity contribution in [1.29, 1.82) is 0 Å². The lowest BCUT2D eigenvalue weighted by Gasteiger charge is -2.08. The summed E-state index contributed by atoms with van der Waals surface area (Å²) in [5, 5.41) is 1.59. The van der Waals surface area contributed by atoms with Crippen LogP contribution in [-0.2, 0) is 6.42 Å². The highest BCUT2D eigenvalue weighted by atomic mass is 35.5. The number of anilines is 1. The first-order valence-corrected chi connectivity index (χ1v) is 6.43. The molecule has 0 bridgehead atoms. The number of rotatable bonds is 3. The van der Waals surface area contributed by atoms with Crippen LogP contribution in [0.5, 0.6) is 0 Å². The first-order valence-electron chi connectivity index (χ1n) is 5.24. The van der Waals surface area contributed by atoms with Gasteiger partial charge in [0.25, 0.3) is 0 Å². The van der Waals surface area contributed by atoms with Crippen LogP contribution in [0.1, 0.15) is 12.5 Å². The highest BCUT2D eigenvalue weighted by Gasteiger charge is 2.10. The summed E-state index contributed by atoms with van der Waals surface area (Å²) in [4.78, 5) is 9.23. The van der Waals surface area contributed by atoms with Gasteiger partial charge < -0.3 is 5.73 Å². The number of hydrogen-bond acceptors (Lipinski definition) is 4. The van der Waals surface area contributed by atoms with Gasteiger partial charge >= 0.3 is 0 Å². The molecule has 88 valence electrons. The fraction of sp³-hybridized carbons (Fsp3) is 0.167. The first kappa shape index (κ1) is 12.2. The van der Waals surface area contributed by atoms with E-state index < -0.39 is 0 Å². The lowest BCUT2D eigenvalue weighted by molar-refractivity contribution is 0.953. The SMILES string of the molecule is CCc1c(N)ncnc1Sc1ccccc1Cl. The molecule has 0 aliphatic heterocycles. The summed E-state index contributed by atoms with van der Waals surface area (Å²) in [6, 6.07) is 7.68. The molecule has 0 aliphatic rings. The van der Waals surface area contributed by atoms with Crippen LogP contribution in [0.2, 0.25) is 5.02 Å². The average Bonchev–Trinajstić information content (AvgIpc) is 2.32. The van der Waals surface area contributed by atoms with E-state index in [1.54, 1.807) is 0 Å². The Kier molecular flexibility index (Phi) is 3.86. The standard InChI is InChI=1S/C12H12ClN3S/c1-2-8-11(14)15-7-16-12(8)17-10-6-4-3-5-9(10)13/h3-7H,2H2,1H3,(H2,14,15,16). The van der Waals surface area contributed by atoms with Gasteiger partial charge in [-0.3, -0.25) is 0 Å². The number of nitrogens with zero attached hydrogens (tertiary/aromatic N) is 2. The Morgan fingerprint density at radius 3 is 2.76 bits per heavy atom. The van der Waals surface area contributed by atoms with E-state index in [-0.39, 0.29) is 0 Å². The van der Waals surface area contributed by atoms with Crippen molar-refractivity contribution in [2.75, 3.05) is 5.73 Å². The van der Waals surface area contributed by atoms with Crippen LogP contribution in [0.3, 0.4) is 0 Å². The second-order valence-corrected chi connectivity index (χ2v) is 4.87. The average molecular weight is 266 g/mol. The van der Waals surface area contributed by atoms with Gasteiger partial charge in [-0.15, -0.1) is 0 Å². The van der Waals surface area contributed by atoms with E-state index in [1.165, 1.54) is 18.1 Å². The van der Waals surface area contributed by atoms with Crippen molar-refractivity contribution >= 4 is 29.2 Å². The van der Waals surface area contributed by atoms with Crippen molar-refractivity contribution in [3.8, 4) is 0 Å². The van der Waals surface area contributed by atoms with Crippen molar-refractivity contribution in [3.05, 3.63) is 41.2 Å². The van der Waals surface area contributed by atoms with E-state index in [9.17, 15) is 0 Å². The zero-order valence-electron chi connectivity index (χ0n) is 9.35. The third-order valence-corrected chi connectivity index (χ3v) is 3.90. The van der Waals surface area contributed by atoms with Crippen LogP contribution < -0.4 is 5.73 Å². The van der Waals surface area contributed by atoms with Gasteiger partial charge in [0.1, 0.15) is 17.2 Å². The number of nitrogen functional groups attached to an aromatic ring is 1. The molecular weight excluding hydrogens is 254 g/mol. The summed E-state index contributed by atoms with van der Waals surface area (Å²) in [6.45, 7) is 2.03. The summed E-state index contributed by atoms with van der Waals surface area (Å²) in [6.07, 6.45) is 2.28. The molecule has 0 saturated heterocycles. The molecule has 0 unspecified atom stereocenters. The molecule has 1 heterocycles. The molecule has 5 heteroatoms. The summed E-state index contributed by atoms with van der Waals surface area (Å²) in [7, 11) is 0. The van der Waals surface area contributed by atoms with Crippen LogP contribution in [0.4, 0.5) is 5.82 Å². The molecule has 2 rings (SSSR count). The molecule has 1 aromatic carbocycles. The smallest absolute Gasteiger partial charge is 0.131 e. The molecule has 3 nitrogen and oxygen atoms in total. The lowest BCUT2D eigenvalue weighted by atomic mass is 10.2. The van der Waals surface area contributed by atoms with E-state index in [0.717, 1.165) is 26.9 Å². The molecule has 1 aromatic heterocycles. The number of aromatic nitrogens is 2. The van der Waals surface area contributed by atoms with Crippen molar-refractivity contribution in [2.24, 2.45) is 0 Å². The number of hydrogen-bond donors (Lipinski definition) is 1. The van der Waals surface area contributed by atoms with Crippen LogP contribution in [0.15, 0.2) is 40.5 Å². The van der Waals surface area contributed by atoms with Crippen molar-refractivity contribution < 1.29 is 0 Å². The van der Waals surface area contributed by atoms with Crippen molar-refractivity contribution in [1.82, 2.24) is 9.97 Å². The van der Waals surface area contributed by atoms with Crippen LogP contribution in [0, 0.1) is 0 Å². The minimum atomic E-state index is 0.539. The van der Waals surface area contributed by atoms with E-state index >= 15 is 0 Å². The Morgan fingerprint density at radius 1 is 1.29 bits per heavy atom. The van der Waals surface area contributed by atoms with Gasteiger partial charge in [0, 0.05) is 10.5 Å². The number of nitrogens with two attached hydrogens (primary N) is 1. The third-order valence-electron chi connectivity index (χ3n) is 2.34. The van der Waals surface area contributed by atoms with E-state index in [1.807, 2.05) is 31.2 Å². The Bertz CT molecular complexity index is 531. The Balaban J connectivity index is 2.37. The second kappa shape index (κ2) is 5.38. The maximum absolute atomic E-state index is 6.11. The molecule has 0 fully saturated rings. The highest BCUT2D eigenvalue weighted by molar-refractivity contribution is 7.99. The van der Waals surface area contributed by atoms with Gasteiger partial charge in [0.05, 0.1) is 5.02 Å². The van der Waals surface area contributed by atoms with Crippen LogP contribution in [-0.4, -0.2) is 9.97 Å². The molecule has 0 saturated carbocycles. The van der Waals surface area contributed by atoms with Crippen LogP contribution in [0.25, 0.3) is 0 Å². The zero-order chi connectivity index (χ0) is 12.3. The molecule has 0 radical (unpaired) electrons. The number of halogens is 1. The molecule has 2 N–H and O–H groups in total. The van der Waals surface area contributed by atoms with Gasteiger partial charge in [-0.2, -0.15) is 0 Å². The summed E-state index contributed by atoms with van der Waals surface area (Å²) in [5.74, 6) is 0.539.